The van der Waals surface area contributed by atoms with E-state index >= 15 is 0 Å². The van der Waals surface area contributed by atoms with Crippen molar-refractivity contribution in [1.29, 1.82) is 0 Å². The predicted molar refractivity (Wildman–Crippen MR) is 82.5 cm³/mol. The number of hydrogen-bond acceptors (Lipinski definition) is 4. The van der Waals surface area contributed by atoms with Gasteiger partial charge >= 0.3 is 5.97 Å². The number of sulfonamides is 1. The molecule has 10 heteroatoms. The van der Waals surface area contributed by atoms with Gasteiger partial charge in [0.25, 0.3) is 10.0 Å². The molecule has 0 spiro atoms. The Kier molecular flexibility index (Phi) is 4.69. The van der Waals surface area contributed by atoms with Crippen LogP contribution in [0.1, 0.15) is 0 Å². The van der Waals surface area contributed by atoms with Crippen molar-refractivity contribution < 1.29 is 18.3 Å². The fraction of sp³-hybridized carbons (Fsp3) is 0.0909. The van der Waals surface area contributed by atoms with Crippen LogP contribution >= 0.6 is 31.9 Å². The molecule has 0 atom stereocenters. The predicted octanol–water partition coefficient (Wildman–Crippen LogP) is 2.29. The number of nitrogens with one attached hydrogen (secondary N) is 1. The minimum Gasteiger partial charge on any atom is -0.480 e. The highest BCUT2D eigenvalue weighted by atomic mass is 79.9. The van der Waals surface area contributed by atoms with E-state index in [4.69, 9.17) is 5.11 Å². The number of rotatable bonds is 5. The van der Waals surface area contributed by atoms with E-state index < -0.39 is 22.5 Å². The summed E-state index contributed by atoms with van der Waals surface area (Å²) in [5.41, 5.74) is 0.365. The third-order valence-electron chi connectivity index (χ3n) is 2.39. The van der Waals surface area contributed by atoms with E-state index in [2.05, 4.69) is 41.7 Å². The minimum atomic E-state index is -3.84. The SMILES string of the molecule is O=C(O)Cn1cc(S(=O)(=O)Nc2ccc(Br)cc2Br)cn1. The van der Waals surface area contributed by atoms with Crippen molar-refractivity contribution in [2.75, 3.05) is 4.72 Å². The first-order chi connectivity index (χ1) is 9.78. The molecule has 0 bridgehead atoms. The smallest absolute Gasteiger partial charge is 0.325 e. The lowest BCUT2D eigenvalue weighted by molar-refractivity contribution is -0.137. The molecule has 1 aromatic carbocycles. The number of halogens is 2. The molecule has 0 saturated carbocycles. The zero-order chi connectivity index (χ0) is 15.6. The average Bonchev–Trinajstić information content (AvgIpc) is 2.81. The van der Waals surface area contributed by atoms with Gasteiger partial charge in [-0.15, -0.1) is 0 Å². The van der Waals surface area contributed by atoms with E-state index in [0.29, 0.717) is 10.2 Å². The molecular weight excluding hydrogens is 430 g/mol. The molecule has 0 radical (unpaired) electrons. The van der Waals surface area contributed by atoms with Crippen LogP contribution in [0.15, 0.2) is 44.4 Å². The van der Waals surface area contributed by atoms with Gasteiger partial charge in [-0.1, -0.05) is 15.9 Å². The monoisotopic (exact) mass is 437 g/mol. The Hall–Kier alpha value is -1.39. The van der Waals surface area contributed by atoms with Crippen LogP contribution in [0.2, 0.25) is 0 Å². The summed E-state index contributed by atoms with van der Waals surface area (Å²) in [5.74, 6) is -1.11. The quantitative estimate of drug-likeness (QED) is 0.745. The standard InChI is InChI=1S/C11H9Br2N3O4S/c12-7-1-2-10(9(13)3-7)15-21(19,20)8-4-14-16(5-8)6-11(17)18/h1-5,15H,6H2,(H,17,18). The number of anilines is 1. The fourth-order valence-corrected chi connectivity index (χ4v) is 3.79. The molecule has 2 N–H and O–H groups in total. The molecule has 0 fully saturated rings. The maximum absolute atomic E-state index is 12.2. The summed E-state index contributed by atoms with van der Waals surface area (Å²) in [5, 5.41) is 12.3. The topological polar surface area (TPSA) is 101 Å². The molecule has 2 aromatic rings. The number of carbonyl (C=O) groups is 1. The van der Waals surface area contributed by atoms with Crippen molar-refractivity contribution in [1.82, 2.24) is 9.78 Å². The van der Waals surface area contributed by atoms with Crippen molar-refractivity contribution in [3.05, 3.63) is 39.5 Å². The molecule has 21 heavy (non-hydrogen) atoms. The summed E-state index contributed by atoms with van der Waals surface area (Å²) in [6.45, 7) is -0.405. The lowest BCUT2D eigenvalue weighted by atomic mass is 10.3. The zero-order valence-electron chi connectivity index (χ0n) is 10.3. The summed E-state index contributed by atoms with van der Waals surface area (Å²) in [4.78, 5) is 10.4. The Labute approximate surface area is 137 Å². The Morgan fingerprint density at radius 2 is 2.10 bits per heavy atom. The Balaban J connectivity index is 2.25. The summed E-state index contributed by atoms with van der Waals surface area (Å²) in [6.07, 6.45) is 2.25. The van der Waals surface area contributed by atoms with Gasteiger partial charge < -0.3 is 5.11 Å². The maximum Gasteiger partial charge on any atom is 0.325 e. The lowest BCUT2D eigenvalue weighted by Gasteiger charge is -2.08. The number of hydrogen-bond donors (Lipinski definition) is 2. The van der Waals surface area contributed by atoms with Crippen LogP contribution in [0.5, 0.6) is 0 Å². The highest BCUT2D eigenvalue weighted by Gasteiger charge is 2.18. The third-order valence-corrected chi connectivity index (χ3v) is 4.86. The van der Waals surface area contributed by atoms with Crippen LogP contribution in [0.4, 0.5) is 5.69 Å². The molecule has 7 nitrogen and oxygen atoms in total. The molecule has 0 aliphatic heterocycles. The molecule has 0 amide bonds. The average molecular weight is 439 g/mol. The maximum atomic E-state index is 12.2. The van der Waals surface area contributed by atoms with Crippen LogP contribution in [-0.4, -0.2) is 29.3 Å². The van der Waals surface area contributed by atoms with Gasteiger partial charge in [0.1, 0.15) is 11.4 Å². The van der Waals surface area contributed by atoms with Crippen molar-refractivity contribution in [2.24, 2.45) is 0 Å². The van der Waals surface area contributed by atoms with Gasteiger partial charge in [-0.3, -0.25) is 14.2 Å². The number of carboxylic acids is 1. The largest absolute Gasteiger partial charge is 0.480 e. The molecule has 1 heterocycles. The highest BCUT2D eigenvalue weighted by Crippen LogP contribution is 2.28. The normalized spacial score (nSPS) is 11.3. The Morgan fingerprint density at radius 1 is 1.38 bits per heavy atom. The van der Waals surface area contributed by atoms with Crippen LogP contribution in [-0.2, 0) is 21.4 Å². The number of benzene rings is 1. The molecule has 1 aromatic heterocycles. The van der Waals surface area contributed by atoms with E-state index in [1.807, 2.05) is 0 Å². The molecule has 0 aliphatic rings. The fourth-order valence-electron chi connectivity index (χ4n) is 1.48. The molecule has 0 unspecified atom stereocenters. The van der Waals surface area contributed by atoms with Crippen molar-refractivity contribution in [3.63, 3.8) is 0 Å². The van der Waals surface area contributed by atoms with Crippen molar-refractivity contribution >= 4 is 53.5 Å². The van der Waals surface area contributed by atoms with Crippen molar-refractivity contribution in [2.45, 2.75) is 11.4 Å². The molecule has 0 aliphatic carbocycles. The number of aromatic nitrogens is 2. The van der Waals surface area contributed by atoms with E-state index in [-0.39, 0.29) is 4.90 Å². The second-order valence-electron chi connectivity index (χ2n) is 4.00. The van der Waals surface area contributed by atoms with Crippen molar-refractivity contribution in [3.8, 4) is 0 Å². The van der Waals surface area contributed by atoms with E-state index in [0.717, 1.165) is 21.5 Å². The Bertz CT molecular complexity index is 789. The van der Waals surface area contributed by atoms with Gasteiger partial charge in [-0.05, 0) is 34.1 Å². The number of carboxylic acid groups (broad SMARTS) is 1. The molecular formula is C11H9Br2N3O4S. The van der Waals surface area contributed by atoms with Crippen LogP contribution < -0.4 is 4.72 Å². The first-order valence-corrected chi connectivity index (χ1v) is 8.57. The van der Waals surface area contributed by atoms with E-state index in [1.54, 1.807) is 18.2 Å². The summed E-state index contributed by atoms with van der Waals surface area (Å²) in [6, 6.07) is 4.98. The van der Waals surface area contributed by atoms with E-state index in [9.17, 15) is 13.2 Å². The molecule has 112 valence electrons. The highest BCUT2D eigenvalue weighted by molar-refractivity contribution is 9.11. The number of aliphatic carboxylic acids is 1. The Morgan fingerprint density at radius 3 is 2.71 bits per heavy atom. The summed E-state index contributed by atoms with van der Waals surface area (Å²) >= 11 is 6.53. The van der Waals surface area contributed by atoms with E-state index in [1.165, 1.54) is 0 Å². The number of nitrogens with zero attached hydrogens (tertiary/aromatic N) is 2. The zero-order valence-corrected chi connectivity index (χ0v) is 14.3. The summed E-state index contributed by atoms with van der Waals surface area (Å²) < 4.78 is 29.2. The first kappa shape index (κ1) is 16.0. The van der Waals surface area contributed by atoms with Gasteiger partial charge in [0.15, 0.2) is 0 Å². The van der Waals surface area contributed by atoms with Gasteiger partial charge in [-0.2, -0.15) is 5.10 Å². The molecule has 0 saturated heterocycles. The lowest BCUT2D eigenvalue weighted by Crippen LogP contribution is -2.13. The third kappa shape index (κ3) is 4.05. The van der Waals surface area contributed by atoms with Gasteiger partial charge in [-0.25, -0.2) is 8.42 Å². The first-order valence-electron chi connectivity index (χ1n) is 5.50. The molecule has 2 rings (SSSR count). The van der Waals surface area contributed by atoms with Crippen LogP contribution in [0.3, 0.4) is 0 Å². The second kappa shape index (κ2) is 6.16. The summed E-state index contributed by atoms with van der Waals surface area (Å²) in [7, 11) is -3.84. The second-order valence-corrected chi connectivity index (χ2v) is 7.45. The van der Waals surface area contributed by atoms with Crippen LogP contribution in [0.25, 0.3) is 0 Å². The van der Waals surface area contributed by atoms with Gasteiger partial charge in [0, 0.05) is 15.1 Å². The van der Waals surface area contributed by atoms with Gasteiger partial charge in [0.2, 0.25) is 0 Å². The van der Waals surface area contributed by atoms with Gasteiger partial charge in [0.05, 0.1) is 11.9 Å². The van der Waals surface area contributed by atoms with Crippen LogP contribution in [0, 0.1) is 0 Å². The minimum absolute atomic E-state index is 0.112.